The van der Waals surface area contributed by atoms with Crippen LogP contribution in [0.1, 0.15) is 27.4 Å². The highest BCUT2D eigenvalue weighted by Gasteiger charge is 2.41. The van der Waals surface area contributed by atoms with E-state index in [1.165, 1.54) is 12.1 Å². The first-order valence-corrected chi connectivity index (χ1v) is 9.39. The summed E-state index contributed by atoms with van der Waals surface area (Å²) in [4.78, 5) is 27.3. The van der Waals surface area contributed by atoms with Gasteiger partial charge in [-0.15, -0.1) is 0 Å². The molecule has 148 valence electrons. The van der Waals surface area contributed by atoms with Crippen LogP contribution in [0.15, 0.2) is 48.5 Å². The Labute approximate surface area is 164 Å². The molecule has 2 atom stereocenters. The summed E-state index contributed by atoms with van der Waals surface area (Å²) in [5.74, 6) is -1.58. The summed E-state index contributed by atoms with van der Waals surface area (Å²) in [6.45, 7) is 3.46. The van der Waals surface area contributed by atoms with Crippen molar-refractivity contribution in [2.75, 3.05) is 33.4 Å². The van der Waals surface area contributed by atoms with Gasteiger partial charge in [-0.2, -0.15) is 0 Å². The lowest BCUT2D eigenvalue weighted by Crippen LogP contribution is -2.37. The number of nitrogens with zero attached hydrogens (tertiary/aromatic N) is 1. The minimum Gasteiger partial charge on any atom is -0.383 e. The van der Waals surface area contributed by atoms with Crippen LogP contribution >= 0.6 is 0 Å². The Morgan fingerprint density at radius 2 is 1.86 bits per heavy atom. The van der Waals surface area contributed by atoms with E-state index in [2.05, 4.69) is 5.32 Å². The molecule has 6 heteroatoms. The van der Waals surface area contributed by atoms with Crippen LogP contribution in [-0.4, -0.2) is 50.1 Å². The summed E-state index contributed by atoms with van der Waals surface area (Å²) in [7, 11) is 1.58. The smallest absolute Gasteiger partial charge is 0.256 e. The minimum atomic E-state index is -0.548. The van der Waals surface area contributed by atoms with E-state index in [9.17, 15) is 14.0 Å². The number of carbonyl (C=O) groups excluding carboxylic acids is 2. The van der Waals surface area contributed by atoms with Gasteiger partial charge < -0.3 is 15.0 Å². The first-order chi connectivity index (χ1) is 13.5. The third-order valence-corrected chi connectivity index (χ3v) is 5.24. The first kappa shape index (κ1) is 20.0. The number of hydrogen-bond donors (Lipinski definition) is 1. The molecule has 1 heterocycles. The molecule has 1 N–H and O–H groups in total. The highest BCUT2D eigenvalue weighted by Crippen LogP contribution is 2.35. The van der Waals surface area contributed by atoms with Gasteiger partial charge in [-0.1, -0.05) is 36.4 Å². The second-order valence-corrected chi connectivity index (χ2v) is 7.04. The van der Waals surface area contributed by atoms with Gasteiger partial charge in [0, 0.05) is 32.7 Å². The lowest BCUT2D eigenvalue weighted by molar-refractivity contribution is -0.125. The average Bonchev–Trinajstić information content (AvgIpc) is 3.13. The Hall–Kier alpha value is -2.73. The predicted molar refractivity (Wildman–Crippen MR) is 105 cm³/mol. The lowest BCUT2D eigenvalue weighted by Gasteiger charge is -2.19. The number of hydrogen-bond acceptors (Lipinski definition) is 3. The van der Waals surface area contributed by atoms with Crippen LogP contribution in [0.4, 0.5) is 4.39 Å². The zero-order chi connectivity index (χ0) is 20.1. The molecule has 0 radical (unpaired) electrons. The van der Waals surface area contributed by atoms with Crippen molar-refractivity contribution in [2.24, 2.45) is 5.92 Å². The second-order valence-electron chi connectivity index (χ2n) is 7.04. The Kier molecular flexibility index (Phi) is 6.41. The number of carbonyl (C=O) groups is 2. The highest BCUT2D eigenvalue weighted by atomic mass is 19.1. The largest absolute Gasteiger partial charge is 0.383 e. The second kappa shape index (κ2) is 8.97. The summed E-state index contributed by atoms with van der Waals surface area (Å²) in [5.41, 5.74) is 2.15. The van der Waals surface area contributed by atoms with Gasteiger partial charge in [0.2, 0.25) is 5.91 Å². The standard InChI is InChI=1S/C22H25FN2O3/c1-15-7-3-4-8-16(15)18-13-25(14-19(18)21(26)24-11-12-28-2)22(27)17-9-5-6-10-20(17)23/h3-10,18-19H,11-14H2,1-2H3,(H,24,26)/t18-,19+/m1/s1. The fourth-order valence-electron chi connectivity index (χ4n) is 3.77. The summed E-state index contributed by atoms with van der Waals surface area (Å²) < 4.78 is 19.1. The minimum absolute atomic E-state index is 0.0338. The summed E-state index contributed by atoms with van der Waals surface area (Å²) >= 11 is 0. The van der Waals surface area contributed by atoms with Gasteiger partial charge in [-0.25, -0.2) is 4.39 Å². The predicted octanol–water partition coefficient (Wildman–Crippen LogP) is 2.75. The molecular formula is C22H25FN2O3. The van der Waals surface area contributed by atoms with Crippen molar-refractivity contribution in [1.82, 2.24) is 10.2 Å². The Morgan fingerprint density at radius 3 is 2.57 bits per heavy atom. The van der Waals surface area contributed by atoms with Crippen LogP contribution in [0, 0.1) is 18.7 Å². The maximum atomic E-state index is 14.1. The summed E-state index contributed by atoms with van der Waals surface area (Å²) in [5, 5.41) is 2.88. The van der Waals surface area contributed by atoms with Crippen LogP contribution in [0.2, 0.25) is 0 Å². The third kappa shape index (κ3) is 4.22. The lowest BCUT2D eigenvalue weighted by atomic mass is 9.86. The van der Waals surface area contributed by atoms with E-state index in [0.29, 0.717) is 19.7 Å². The van der Waals surface area contributed by atoms with Crippen LogP contribution in [0.25, 0.3) is 0 Å². The van der Waals surface area contributed by atoms with E-state index in [1.54, 1.807) is 24.1 Å². The number of ether oxygens (including phenoxy) is 1. The molecule has 2 aromatic rings. The number of aryl methyl sites for hydroxylation is 1. The van der Waals surface area contributed by atoms with E-state index in [1.807, 2.05) is 31.2 Å². The van der Waals surface area contributed by atoms with Crippen LogP contribution in [0.5, 0.6) is 0 Å². The molecule has 0 aromatic heterocycles. The quantitative estimate of drug-likeness (QED) is 0.779. The zero-order valence-corrected chi connectivity index (χ0v) is 16.2. The number of benzene rings is 2. The molecule has 0 saturated carbocycles. The molecule has 3 rings (SSSR count). The molecule has 2 amide bonds. The monoisotopic (exact) mass is 384 g/mol. The topological polar surface area (TPSA) is 58.6 Å². The van der Waals surface area contributed by atoms with Crippen LogP contribution in [-0.2, 0) is 9.53 Å². The van der Waals surface area contributed by atoms with Crippen molar-refractivity contribution in [3.63, 3.8) is 0 Å². The maximum Gasteiger partial charge on any atom is 0.256 e. The fraction of sp³-hybridized carbons (Fsp3) is 0.364. The molecule has 28 heavy (non-hydrogen) atoms. The molecular weight excluding hydrogens is 359 g/mol. The fourth-order valence-corrected chi connectivity index (χ4v) is 3.77. The van der Waals surface area contributed by atoms with Gasteiger partial charge in [0.05, 0.1) is 18.1 Å². The molecule has 2 aromatic carbocycles. The molecule has 0 unspecified atom stereocenters. The van der Waals surface area contributed by atoms with Crippen molar-refractivity contribution in [3.05, 3.63) is 71.0 Å². The third-order valence-electron chi connectivity index (χ3n) is 5.24. The van der Waals surface area contributed by atoms with E-state index in [0.717, 1.165) is 11.1 Å². The molecule has 0 spiro atoms. The zero-order valence-electron chi connectivity index (χ0n) is 16.2. The van der Waals surface area contributed by atoms with Crippen LogP contribution < -0.4 is 5.32 Å². The number of likely N-dealkylation sites (tertiary alicyclic amines) is 1. The normalized spacial score (nSPS) is 18.9. The van der Waals surface area contributed by atoms with Crippen molar-refractivity contribution in [1.29, 1.82) is 0 Å². The Bertz CT molecular complexity index is 855. The number of amides is 2. The van der Waals surface area contributed by atoms with Crippen molar-refractivity contribution in [3.8, 4) is 0 Å². The molecule has 1 fully saturated rings. The number of halogens is 1. The SMILES string of the molecule is COCCNC(=O)[C@H]1CN(C(=O)c2ccccc2F)C[C@@H]1c1ccccc1C. The van der Waals surface area contributed by atoms with Crippen molar-refractivity contribution >= 4 is 11.8 Å². The number of nitrogens with one attached hydrogen (secondary N) is 1. The van der Waals surface area contributed by atoms with E-state index < -0.39 is 11.7 Å². The Balaban J connectivity index is 1.86. The Morgan fingerprint density at radius 1 is 1.14 bits per heavy atom. The van der Waals surface area contributed by atoms with Gasteiger partial charge in [-0.05, 0) is 30.2 Å². The molecule has 5 nitrogen and oxygen atoms in total. The number of methoxy groups -OCH3 is 1. The van der Waals surface area contributed by atoms with Gasteiger partial charge in [0.15, 0.2) is 0 Å². The van der Waals surface area contributed by atoms with Gasteiger partial charge in [0.25, 0.3) is 5.91 Å². The van der Waals surface area contributed by atoms with Crippen molar-refractivity contribution in [2.45, 2.75) is 12.8 Å². The molecule has 1 aliphatic heterocycles. The molecule has 0 aliphatic carbocycles. The van der Waals surface area contributed by atoms with Gasteiger partial charge in [0.1, 0.15) is 5.82 Å². The van der Waals surface area contributed by atoms with E-state index in [-0.39, 0.29) is 29.8 Å². The van der Waals surface area contributed by atoms with Crippen LogP contribution in [0.3, 0.4) is 0 Å². The van der Waals surface area contributed by atoms with E-state index >= 15 is 0 Å². The maximum absolute atomic E-state index is 14.1. The summed E-state index contributed by atoms with van der Waals surface area (Å²) in [6.07, 6.45) is 0. The molecule has 1 aliphatic rings. The molecule has 1 saturated heterocycles. The molecule has 0 bridgehead atoms. The highest BCUT2D eigenvalue weighted by molar-refractivity contribution is 5.95. The summed E-state index contributed by atoms with van der Waals surface area (Å²) in [6, 6.07) is 13.8. The van der Waals surface area contributed by atoms with Gasteiger partial charge in [-0.3, -0.25) is 9.59 Å². The first-order valence-electron chi connectivity index (χ1n) is 9.39. The average molecular weight is 384 g/mol. The van der Waals surface area contributed by atoms with E-state index in [4.69, 9.17) is 4.74 Å². The number of rotatable bonds is 6. The van der Waals surface area contributed by atoms with Crippen molar-refractivity contribution < 1.29 is 18.7 Å². The van der Waals surface area contributed by atoms with Gasteiger partial charge >= 0.3 is 0 Å².